The van der Waals surface area contributed by atoms with Crippen LogP contribution in [0.5, 0.6) is 5.75 Å². The number of aliphatic imine (C=N–C) groups is 1. The summed E-state index contributed by atoms with van der Waals surface area (Å²) in [6, 6.07) is 7.67. The van der Waals surface area contributed by atoms with Crippen molar-refractivity contribution in [2.24, 2.45) is 10.9 Å². The normalized spacial score (nSPS) is 18.8. The largest absolute Gasteiger partial charge is 0.507 e. The van der Waals surface area contributed by atoms with E-state index in [-0.39, 0.29) is 24.6 Å². The second kappa shape index (κ2) is 22.8. The summed E-state index contributed by atoms with van der Waals surface area (Å²) < 4.78 is 75.2. The van der Waals surface area contributed by atoms with Crippen molar-refractivity contribution in [3.05, 3.63) is 71.6 Å². The van der Waals surface area contributed by atoms with Crippen molar-refractivity contribution >= 4 is 46.6 Å². The molecule has 3 heterocycles. The van der Waals surface area contributed by atoms with E-state index in [4.69, 9.17) is 10.2 Å². The number of aliphatic carboxylic acids is 1. The van der Waals surface area contributed by atoms with Crippen LogP contribution in [0, 0.1) is 5.92 Å². The Morgan fingerprint density at radius 2 is 1.73 bits per heavy atom. The summed E-state index contributed by atoms with van der Waals surface area (Å²) in [4.78, 5) is 45.4. The number of allylic oxidation sites excluding steroid dienone is 1. The molecule has 0 saturated carbocycles. The number of piperidine rings is 2. The number of alkyl halides is 6. The van der Waals surface area contributed by atoms with Gasteiger partial charge in [-0.2, -0.15) is 26.3 Å². The quantitative estimate of drug-likeness (QED) is 0.0603. The number of carboxylic acid groups (broad SMARTS) is 1. The highest BCUT2D eigenvalue weighted by atomic mass is 32.2. The standard InChI is InChI=1S/C32H44F3N3O5S.C5H3F3OS.C2H4/c1-3-5-17-36-25(22-32(33,34)35)30(42)38-18-8-11-23(26(38)10-4-2)29(41)37-19-15-31(43,16-20-37)24-12-6-7-13-27(24)44-21-9-14-28(39)40;6-5(7,8)4-1-3(9)2-10-4;1-2/h5-7,12-13,17,23,26,43H,3-4,8-11,14-16,18-22H2,1-2H3,(H,39,40);1-2,9H;1-2H2/b17-5-,36-25?;;. The van der Waals surface area contributed by atoms with Crippen LogP contribution in [0.2, 0.25) is 0 Å². The number of carbonyl (C=O) groups excluding carboxylic acids is 2. The van der Waals surface area contributed by atoms with Gasteiger partial charge in [-0.15, -0.1) is 36.3 Å². The summed E-state index contributed by atoms with van der Waals surface area (Å²) in [6.07, 6.45) is -3.59. The summed E-state index contributed by atoms with van der Waals surface area (Å²) in [5.74, 6) is -2.04. The monoisotopic (exact) mass is 835 g/mol. The van der Waals surface area contributed by atoms with Gasteiger partial charge >= 0.3 is 18.3 Å². The number of rotatable bonds is 13. The van der Waals surface area contributed by atoms with Crippen molar-refractivity contribution in [2.75, 3.05) is 25.4 Å². The van der Waals surface area contributed by atoms with E-state index < -0.39 is 58.8 Å². The molecule has 2 aliphatic heterocycles. The molecule has 17 heteroatoms. The number of hydrogen-bond acceptors (Lipinski definition) is 8. The Morgan fingerprint density at radius 1 is 1.07 bits per heavy atom. The van der Waals surface area contributed by atoms with Crippen LogP contribution in [0.15, 0.2) is 71.0 Å². The molecule has 312 valence electrons. The Morgan fingerprint density at radius 3 is 2.27 bits per heavy atom. The summed E-state index contributed by atoms with van der Waals surface area (Å²) in [5, 5.41) is 30.2. The van der Waals surface area contributed by atoms with Gasteiger partial charge in [-0.25, -0.2) is 0 Å². The zero-order valence-electron chi connectivity index (χ0n) is 31.6. The molecule has 0 radical (unpaired) electrons. The average molecular weight is 836 g/mol. The SMILES string of the molecule is C=C.CC/C=C\N=C(CC(F)(F)F)C(=O)N1CCCC(C(=O)N2CCC(O)(c3ccccc3SCCCC(=O)O)CC2)C1CCC.Oc1csc(C(F)(F)F)c1. The molecule has 0 bridgehead atoms. The van der Waals surface area contributed by atoms with Gasteiger partial charge in [0.15, 0.2) is 0 Å². The second-order valence-electron chi connectivity index (χ2n) is 13.1. The lowest BCUT2D eigenvalue weighted by Gasteiger charge is -2.45. The Balaban J connectivity index is 0.000000773. The highest BCUT2D eigenvalue weighted by molar-refractivity contribution is 7.99. The minimum absolute atomic E-state index is 0.0755. The van der Waals surface area contributed by atoms with Crippen molar-refractivity contribution in [3.63, 3.8) is 0 Å². The fourth-order valence-corrected chi connectivity index (χ4v) is 8.22. The number of aliphatic hydroxyl groups is 1. The molecule has 2 aliphatic rings. The molecule has 2 atom stereocenters. The number of hydrogen-bond donors (Lipinski definition) is 3. The molecule has 2 fully saturated rings. The number of likely N-dealkylation sites (tertiary alicyclic amines) is 2. The molecule has 9 nitrogen and oxygen atoms in total. The zero-order valence-corrected chi connectivity index (χ0v) is 33.2. The molecule has 2 aromatic rings. The Hall–Kier alpha value is -3.83. The van der Waals surface area contributed by atoms with Crippen LogP contribution in [0.25, 0.3) is 0 Å². The van der Waals surface area contributed by atoms with Gasteiger partial charge in [0.25, 0.3) is 5.91 Å². The van der Waals surface area contributed by atoms with E-state index in [1.54, 1.807) is 11.0 Å². The first-order chi connectivity index (χ1) is 26.4. The molecule has 1 aromatic carbocycles. The van der Waals surface area contributed by atoms with Gasteiger partial charge in [0.05, 0.1) is 17.9 Å². The van der Waals surface area contributed by atoms with Gasteiger partial charge in [-0.05, 0) is 62.3 Å². The third-order valence-electron chi connectivity index (χ3n) is 9.08. The van der Waals surface area contributed by atoms with Crippen LogP contribution < -0.4 is 0 Å². The lowest BCUT2D eigenvalue weighted by atomic mass is 9.82. The summed E-state index contributed by atoms with van der Waals surface area (Å²) >= 11 is 1.99. The van der Waals surface area contributed by atoms with Crippen LogP contribution in [0.1, 0.15) is 88.5 Å². The number of amides is 2. The van der Waals surface area contributed by atoms with E-state index in [1.165, 1.54) is 22.9 Å². The fraction of sp³-hybridized carbons (Fsp3) is 0.538. The molecule has 2 unspecified atom stereocenters. The third kappa shape index (κ3) is 14.9. The van der Waals surface area contributed by atoms with Crippen LogP contribution in [-0.4, -0.2) is 86.2 Å². The lowest BCUT2D eigenvalue weighted by Crippen LogP contribution is -2.56. The molecule has 0 aliphatic carbocycles. The first-order valence-electron chi connectivity index (χ1n) is 18.3. The number of carbonyl (C=O) groups is 3. The number of nitrogens with zero attached hydrogens (tertiary/aromatic N) is 3. The molecule has 2 amide bonds. The number of aromatic hydroxyl groups is 1. The van der Waals surface area contributed by atoms with Gasteiger partial charge in [-0.1, -0.05) is 44.5 Å². The Bertz CT molecular complexity index is 1620. The first-order valence-corrected chi connectivity index (χ1v) is 20.2. The maximum atomic E-state index is 13.9. The highest BCUT2D eigenvalue weighted by Gasteiger charge is 2.44. The molecular formula is C39H51F6N3O6S2. The topological polar surface area (TPSA) is 131 Å². The summed E-state index contributed by atoms with van der Waals surface area (Å²) in [6.45, 7) is 10.6. The predicted molar refractivity (Wildman–Crippen MR) is 207 cm³/mol. The Labute approximate surface area is 332 Å². The summed E-state index contributed by atoms with van der Waals surface area (Å²) in [5.41, 5.74) is -0.960. The van der Waals surface area contributed by atoms with Gasteiger partial charge in [0.2, 0.25) is 5.91 Å². The van der Waals surface area contributed by atoms with E-state index in [0.717, 1.165) is 15.8 Å². The molecule has 2 saturated heterocycles. The fourth-order valence-electron chi connectivity index (χ4n) is 6.49. The molecule has 4 rings (SSSR count). The van der Waals surface area contributed by atoms with Gasteiger partial charge in [-0.3, -0.25) is 19.4 Å². The van der Waals surface area contributed by atoms with Crippen molar-refractivity contribution < 1.29 is 56.0 Å². The number of benzene rings is 1. The van der Waals surface area contributed by atoms with Crippen LogP contribution in [0.3, 0.4) is 0 Å². The number of carboxylic acids is 1. The van der Waals surface area contributed by atoms with Crippen LogP contribution in [0.4, 0.5) is 26.3 Å². The molecule has 3 N–H and O–H groups in total. The van der Waals surface area contributed by atoms with Crippen LogP contribution in [-0.2, 0) is 26.2 Å². The second-order valence-corrected chi connectivity index (χ2v) is 15.2. The van der Waals surface area contributed by atoms with E-state index >= 15 is 0 Å². The number of thioether (sulfide) groups is 1. The van der Waals surface area contributed by atoms with Gasteiger partial charge < -0.3 is 25.1 Å². The smallest absolute Gasteiger partial charge is 0.425 e. The van der Waals surface area contributed by atoms with E-state index in [0.29, 0.717) is 87.6 Å². The van der Waals surface area contributed by atoms with Crippen molar-refractivity contribution in [3.8, 4) is 5.75 Å². The van der Waals surface area contributed by atoms with E-state index in [9.17, 15) is 45.8 Å². The Kier molecular flexibility index (Phi) is 19.7. The zero-order chi connectivity index (χ0) is 42.1. The maximum Gasteiger partial charge on any atom is 0.425 e. The van der Waals surface area contributed by atoms with E-state index in [1.807, 2.05) is 38.1 Å². The number of thiophene rings is 1. The molecule has 56 heavy (non-hydrogen) atoms. The van der Waals surface area contributed by atoms with Crippen molar-refractivity contribution in [2.45, 2.75) is 107 Å². The molecule has 0 spiro atoms. The van der Waals surface area contributed by atoms with E-state index in [2.05, 4.69) is 18.2 Å². The molecular weight excluding hydrogens is 785 g/mol. The summed E-state index contributed by atoms with van der Waals surface area (Å²) in [7, 11) is 0. The van der Waals surface area contributed by atoms with Gasteiger partial charge in [0, 0.05) is 54.6 Å². The minimum atomic E-state index is -4.60. The van der Waals surface area contributed by atoms with Gasteiger partial charge in [0.1, 0.15) is 16.3 Å². The highest BCUT2D eigenvalue weighted by Crippen LogP contribution is 2.40. The third-order valence-corrected chi connectivity index (χ3v) is 11.2. The van der Waals surface area contributed by atoms with Crippen molar-refractivity contribution in [1.82, 2.24) is 9.80 Å². The van der Waals surface area contributed by atoms with Crippen molar-refractivity contribution in [1.29, 1.82) is 0 Å². The first kappa shape index (κ1) is 48.3. The average Bonchev–Trinajstić information content (AvgIpc) is 3.61. The lowest BCUT2D eigenvalue weighted by molar-refractivity contribution is -0.147. The molecule has 1 aromatic heterocycles. The maximum absolute atomic E-state index is 13.9. The minimum Gasteiger partial charge on any atom is -0.507 e. The number of halogens is 6. The van der Waals surface area contributed by atoms with Crippen LogP contribution >= 0.6 is 23.1 Å². The predicted octanol–water partition coefficient (Wildman–Crippen LogP) is 9.45.